The standard InChI is InChI=1S/C35H60N14O13S2/c36-8-2-1-5-18(31(59)43-14-25(51)49-10-4-7-23(49)34(62)47-21(12-27(54)55)33(61)48-22(16-64)28(38)56)46-32(60)20(11-26(52)53)44-24(50)13-42-30(58)19(6-3-9-41-35(39)40)45-29(57)17(37)15-63/h17-23,63-64H,1-16,36-37H2,(H2,38,56)(H,42,58)(H,43,59)(H,44,50)(H,45,57)(H,46,60)(H,47,62)(H,48,61)(H,52,53)(H,54,55)(H4,39,40,41)/t17-,18-,19-,20-,21-,22-,23-/m0/s1. The quantitative estimate of drug-likeness (QED) is 0.0138. The molecule has 1 saturated heterocycles. The average Bonchev–Trinajstić information content (AvgIpc) is 3.73. The molecule has 1 aliphatic heterocycles. The molecule has 0 aliphatic carbocycles. The van der Waals surface area contributed by atoms with Gasteiger partial charge in [0.15, 0.2) is 5.96 Å². The Bertz CT molecular complexity index is 1720. The minimum atomic E-state index is -1.77. The summed E-state index contributed by atoms with van der Waals surface area (Å²) in [6.07, 6.45) is -0.553. The van der Waals surface area contributed by atoms with Crippen molar-refractivity contribution in [1.82, 2.24) is 42.1 Å². The van der Waals surface area contributed by atoms with E-state index in [2.05, 4.69) is 67.5 Å². The van der Waals surface area contributed by atoms with E-state index in [4.69, 9.17) is 28.7 Å². The van der Waals surface area contributed by atoms with Crippen molar-refractivity contribution in [2.75, 3.05) is 44.2 Å². The lowest BCUT2D eigenvalue weighted by atomic mass is 10.1. The zero-order valence-corrected chi connectivity index (χ0v) is 36.7. The van der Waals surface area contributed by atoms with Crippen LogP contribution in [0.4, 0.5) is 0 Å². The first-order valence-electron chi connectivity index (χ1n) is 20.0. The van der Waals surface area contributed by atoms with Crippen molar-refractivity contribution >= 4 is 96.3 Å². The Morgan fingerprint density at radius 3 is 1.70 bits per heavy atom. The predicted molar refractivity (Wildman–Crippen MR) is 233 cm³/mol. The van der Waals surface area contributed by atoms with Gasteiger partial charge >= 0.3 is 11.9 Å². The van der Waals surface area contributed by atoms with Crippen LogP contribution in [0.15, 0.2) is 4.99 Å². The van der Waals surface area contributed by atoms with E-state index in [1.165, 1.54) is 0 Å². The summed E-state index contributed by atoms with van der Waals surface area (Å²) in [7, 11) is 0. The second-order valence-corrected chi connectivity index (χ2v) is 15.1. The summed E-state index contributed by atoms with van der Waals surface area (Å²) in [4.78, 5) is 144. The molecule has 0 spiro atoms. The van der Waals surface area contributed by atoms with Crippen LogP contribution in [0.1, 0.15) is 57.8 Å². The molecule has 7 atom stereocenters. The van der Waals surface area contributed by atoms with Crippen LogP contribution in [0, 0.1) is 0 Å². The molecule has 1 aliphatic rings. The number of hydrogen-bond acceptors (Lipinski definition) is 16. The summed E-state index contributed by atoms with van der Waals surface area (Å²) in [5.41, 5.74) is 27.1. The third kappa shape index (κ3) is 21.0. The Morgan fingerprint density at radius 2 is 1.19 bits per heavy atom. The molecule has 19 N–H and O–H groups in total. The number of aliphatic carboxylic acids is 2. The zero-order valence-electron chi connectivity index (χ0n) is 34.9. The fourth-order valence-electron chi connectivity index (χ4n) is 5.94. The Hall–Kier alpha value is -5.94. The number of nitrogens with two attached hydrogens (primary N) is 5. The summed E-state index contributed by atoms with van der Waals surface area (Å²) in [5, 5.41) is 35.0. The molecule has 9 amide bonds. The third-order valence-electron chi connectivity index (χ3n) is 9.29. The number of unbranched alkanes of at least 4 members (excludes halogenated alkanes) is 1. The lowest BCUT2D eigenvalue weighted by molar-refractivity contribution is -0.143. The number of hydrogen-bond donors (Lipinski definition) is 16. The number of nitrogens with one attached hydrogen (secondary N) is 7. The van der Waals surface area contributed by atoms with Crippen LogP contribution in [0.5, 0.6) is 0 Å². The van der Waals surface area contributed by atoms with Crippen LogP contribution in [0.25, 0.3) is 0 Å². The maximum atomic E-state index is 13.4. The third-order valence-corrected chi connectivity index (χ3v) is 10.0. The highest BCUT2D eigenvalue weighted by Gasteiger charge is 2.37. The molecule has 1 heterocycles. The van der Waals surface area contributed by atoms with E-state index in [1.54, 1.807) is 0 Å². The first kappa shape index (κ1) is 56.1. The second-order valence-electron chi connectivity index (χ2n) is 14.3. The summed E-state index contributed by atoms with van der Waals surface area (Å²) < 4.78 is 0. The molecule has 64 heavy (non-hydrogen) atoms. The van der Waals surface area contributed by atoms with E-state index in [1.807, 2.05) is 0 Å². The van der Waals surface area contributed by atoms with Gasteiger partial charge in [-0.15, -0.1) is 0 Å². The summed E-state index contributed by atoms with van der Waals surface area (Å²) in [5.74, 6) is -11.7. The highest BCUT2D eigenvalue weighted by molar-refractivity contribution is 7.80. The van der Waals surface area contributed by atoms with Crippen LogP contribution < -0.4 is 65.9 Å². The molecule has 0 aromatic rings. The van der Waals surface area contributed by atoms with Crippen molar-refractivity contribution in [3.05, 3.63) is 0 Å². The van der Waals surface area contributed by atoms with E-state index in [0.29, 0.717) is 12.8 Å². The molecule has 360 valence electrons. The Kier molecular flexibility index (Phi) is 25.8. The van der Waals surface area contributed by atoms with Gasteiger partial charge in [-0.25, -0.2) is 0 Å². The number of nitrogens with zero attached hydrogens (tertiary/aromatic N) is 2. The molecule has 27 nitrogen and oxygen atoms in total. The first-order valence-corrected chi connectivity index (χ1v) is 21.2. The molecule has 0 unspecified atom stereocenters. The minimum absolute atomic E-state index is 0.0138. The van der Waals surface area contributed by atoms with Gasteiger partial charge in [0.2, 0.25) is 53.2 Å². The number of guanidine groups is 1. The number of carboxylic acid groups (broad SMARTS) is 2. The van der Waals surface area contributed by atoms with Crippen molar-refractivity contribution < 1.29 is 63.0 Å². The molecule has 1 fully saturated rings. The normalized spacial score (nSPS) is 15.9. The number of rotatable bonds is 30. The van der Waals surface area contributed by atoms with E-state index >= 15 is 0 Å². The van der Waals surface area contributed by atoms with Crippen LogP contribution in [-0.4, -0.2) is 173 Å². The number of likely N-dealkylation sites (tertiary alicyclic amines) is 1. The number of primary amides is 1. The highest BCUT2D eigenvalue weighted by Crippen LogP contribution is 2.18. The fourth-order valence-corrected chi connectivity index (χ4v) is 6.38. The van der Waals surface area contributed by atoms with Gasteiger partial charge in [-0.3, -0.25) is 57.7 Å². The number of carboxylic acids is 2. The Labute approximate surface area is 378 Å². The maximum absolute atomic E-state index is 13.4. The molecule has 0 aromatic carbocycles. The van der Waals surface area contributed by atoms with Crippen molar-refractivity contribution in [2.24, 2.45) is 33.7 Å². The second kappa shape index (κ2) is 29.4. The van der Waals surface area contributed by atoms with E-state index in [9.17, 15) is 63.0 Å². The van der Waals surface area contributed by atoms with E-state index in [0.717, 1.165) is 4.90 Å². The average molecular weight is 949 g/mol. The number of aliphatic imine (C=N–C) groups is 1. The topological polar surface area (TPSA) is 458 Å². The van der Waals surface area contributed by atoms with Crippen molar-refractivity contribution in [1.29, 1.82) is 0 Å². The number of amides is 9. The Balaban J connectivity index is 3.05. The van der Waals surface area contributed by atoms with Gasteiger partial charge in [-0.2, -0.15) is 25.3 Å². The predicted octanol–water partition coefficient (Wildman–Crippen LogP) is -7.56. The Morgan fingerprint density at radius 1 is 0.656 bits per heavy atom. The highest BCUT2D eigenvalue weighted by atomic mass is 32.1. The molecule has 29 heteroatoms. The summed E-state index contributed by atoms with van der Waals surface area (Å²) >= 11 is 7.88. The van der Waals surface area contributed by atoms with Gasteiger partial charge in [-0.1, -0.05) is 0 Å². The summed E-state index contributed by atoms with van der Waals surface area (Å²) in [6, 6.07) is -9.55. The van der Waals surface area contributed by atoms with Gasteiger partial charge < -0.3 is 81.0 Å². The summed E-state index contributed by atoms with van der Waals surface area (Å²) in [6.45, 7) is -1.12. The van der Waals surface area contributed by atoms with Crippen LogP contribution in [-0.2, 0) is 52.7 Å². The number of carbonyl (C=O) groups excluding carboxylic acids is 9. The number of carbonyl (C=O) groups is 11. The van der Waals surface area contributed by atoms with Crippen LogP contribution in [0.3, 0.4) is 0 Å². The lowest BCUT2D eigenvalue weighted by Gasteiger charge is -2.27. The largest absolute Gasteiger partial charge is 0.481 e. The molecular weight excluding hydrogens is 889 g/mol. The molecular formula is C35H60N14O13S2. The SMILES string of the molecule is NCCCC[C@H](NC(=O)[C@H](CC(=O)O)NC(=O)CNC(=O)[C@H](CCCN=C(N)N)NC(=O)[C@@H](N)CS)C(=O)NCC(=O)N1CCC[C@H]1C(=O)N[C@@H](CC(=O)O)C(=O)N[C@@H](CS)C(N)=O. The van der Waals surface area contributed by atoms with Crippen LogP contribution >= 0.6 is 25.3 Å². The maximum Gasteiger partial charge on any atom is 0.305 e. The molecule has 1 rings (SSSR count). The minimum Gasteiger partial charge on any atom is -0.481 e. The van der Waals surface area contributed by atoms with Crippen molar-refractivity contribution in [2.45, 2.75) is 100 Å². The molecule has 0 radical (unpaired) electrons. The van der Waals surface area contributed by atoms with Crippen molar-refractivity contribution in [3.63, 3.8) is 0 Å². The van der Waals surface area contributed by atoms with Gasteiger partial charge in [0.25, 0.3) is 0 Å². The van der Waals surface area contributed by atoms with E-state index < -0.39 is 133 Å². The number of thiol groups is 2. The van der Waals surface area contributed by atoms with Gasteiger partial charge in [0.05, 0.1) is 32.0 Å². The van der Waals surface area contributed by atoms with Crippen molar-refractivity contribution in [3.8, 4) is 0 Å². The fraction of sp³-hybridized carbons (Fsp3) is 0.657. The zero-order chi connectivity index (χ0) is 48.5. The molecule has 0 saturated carbocycles. The van der Waals surface area contributed by atoms with Gasteiger partial charge in [0.1, 0.15) is 36.3 Å². The van der Waals surface area contributed by atoms with Gasteiger partial charge in [0, 0.05) is 24.6 Å². The lowest BCUT2D eigenvalue weighted by Crippen LogP contribution is -2.58. The monoisotopic (exact) mass is 948 g/mol. The molecule has 0 bridgehead atoms. The molecule has 0 aromatic heterocycles. The van der Waals surface area contributed by atoms with Gasteiger partial charge in [-0.05, 0) is 51.5 Å². The first-order chi connectivity index (χ1) is 30.1. The van der Waals surface area contributed by atoms with Crippen LogP contribution in [0.2, 0.25) is 0 Å². The van der Waals surface area contributed by atoms with E-state index in [-0.39, 0.29) is 69.2 Å². The smallest absolute Gasteiger partial charge is 0.305 e.